The summed E-state index contributed by atoms with van der Waals surface area (Å²) in [4.78, 5) is 67.1. The lowest BCUT2D eigenvalue weighted by Crippen LogP contribution is -2.80. The zero-order valence-corrected chi connectivity index (χ0v) is 22.2. The minimum atomic E-state index is -2.30. The quantitative estimate of drug-likeness (QED) is 0.226. The van der Waals surface area contributed by atoms with Crippen molar-refractivity contribution in [2.75, 3.05) is 6.61 Å². The van der Waals surface area contributed by atoms with Gasteiger partial charge in [-0.3, -0.25) is 14.4 Å². The number of fused-ring (bicyclic) bond motifs is 4. The number of rotatable bonds is 0. The average molecular weight is 559 g/mol. The molecule has 0 aromatic rings. The lowest BCUT2D eigenvalue weighted by molar-refractivity contribution is -0.441. The van der Waals surface area contributed by atoms with E-state index >= 15 is 0 Å². The molecule has 0 aromatic heterocycles. The SMILES string of the molecule is C[C@@]12C[C@H]3OC(=O)[C@@H]1CO[C@]14O[C@]5([C@H]2C1=O)[C@@](O)(CC[C@H]1[C@H]4C[C@@H](O)[C@]24C=C[C@H](OO2)C(=O)[C@]14C)C(=O)O[C@@]35C. The first-order valence-corrected chi connectivity index (χ1v) is 14.1. The highest BCUT2D eigenvalue weighted by Gasteiger charge is 2.93. The Kier molecular flexibility index (Phi) is 3.90. The molecule has 2 saturated carbocycles. The van der Waals surface area contributed by atoms with Crippen molar-refractivity contribution in [3.63, 3.8) is 0 Å². The largest absolute Gasteiger partial charge is 0.458 e. The Morgan fingerprint density at radius 2 is 1.82 bits per heavy atom. The zero-order chi connectivity index (χ0) is 28.0. The van der Waals surface area contributed by atoms with Gasteiger partial charge in [0.2, 0.25) is 5.79 Å². The van der Waals surface area contributed by atoms with Crippen molar-refractivity contribution in [3.8, 4) is 0 Å². The average Bonchev–Trinajstić information content (AvgIpc) is 3.23. The Hall–Kier alpha value is -2.22. The third kappa shape index (κ3) is 1.96. The van der Waals surface area contributed by atoms with Crippen LogP contribution in [0.5, 0.6) is 0 Å². The number of carbonyl (C=O) groups excluding carboxylic acids is 4. The monoisotopic (exact) mass is 558 g/mol. The maximum absolute atomic E-state index is 15.0. The first-order valence-electron chi connectivity index (χ1n) is 14.1. The van der Waals surface area contributed by atoms with Crippen molar-refractivity contribution in [1.82, 2.24) is 0 Å². The summed E-state index contributed by atoms with van der Waals surface area (Å²) >= 11 is 0. The first kappa shape index (κ1) is 24.4. The van der Waals surface area contributed by atoms with Gasteiger partial charge >= 0.3 is 11.9 Å². The standard InChI is InChI=1S/C28H30O12/c1-22-9-16-24(3)28-17(22)19(31)27(39-28,35-10-13(22)20(32)36-16)12-8-15(29)26-7-5-14(38-40-26)18(30)23(26,2)11(12)4-6-25(28,34)21(33)37-24/h5,7,11-17,29,34H,4,6,8-10H2,1-3H3/t11-,12+,13-,14-,15+,16+,17-,22+,23-,24-,25+,26-,27+,28-/m0/s1. The summed E-state index contributed by atoms with van der Waals surface area (Å²) in [5, 5.41) is 24.1. The molecule has 0 amide bonds. The summed E-state index contributed by atoms with van der Waals surface area (Å²) in [7, 11) is 0. The van der Waals surface area contributed by atoms with Gasteiger partial charge in [-0.25, -0.2) is 14.6 Å². The molecule has 7 bridgehead atoms. The Labute approximate surface area is 228 Å². The zero-order valence-electron chi connectivity index (χ0n) is 22.2. The predicted molar refractivity (Wildman–Crippen MR) is 124 cm³/mol. The normalized spacial score (nSPS) is 63.7. The number of ketones is 2. The highest BCUT2D eigenvalue weighted by atomic mass is 17.2. The van der Waals surface area contributed by atoms with Gasteiger partial charge in [0.25, 0.3) is 0 Å². The van der Waals surface area contributed by atoms with Crippen LogP contribution in [0, 0.1) is 34.5 Å². The van der Waals surface area contributed by atoms with Crippen molar-refractivity contribution >= 4 is 23.5 Å². The number of aliphatic hydroxyl groups is 2. The van der Waals surface area contributed by atoms with E-state index < -0.39 is 98.7 Å². The molecule has 214 valence electrons. The highest BCUT2D eigenvalue weighted by Crippen LogP contribution is 2.75. The van der Waals surface area contributed by atoms with E-state index in [2.05, 4.69) is 0 Å². The number of esters is 2. The van der Waals surface area contributed by atoms with E-state index in [0.29, 0.717) is 0 Å². The molecule has 6 saturated heterocycles. The molecule has 8 fully saturated rings. The fourth-order valence-electron chi connectivity index (χ4n) is 10.9. The molecule has 2 N–H and O–H groups in total. The lowest BCUT2D eigenvalue weighted by atomic mass is 9.46. The van der Waals surface area contributed by atoms with Crippen molar-refractivity contribution in [2.45, 2.75) is 93.0 Å². The fourth-order valence-corrected chi connectivity index (χ4v) is 10.9. The summed E-state index contributed by atoms with van der Waals surface area (Å²) < 4.78 is 25.1. The molecule has 12 heteroatoms. The van der Waals surface area contributed by atoms with Gasteiger partial charge in [0.05, 0.1) is 30.0 Å². The molecule has 40 heavy (non-hydrogen) atoms. The minimum absolute atomic E-state index is 0.0559. The molecule has 0 radical (unpaired) electrons. The van der Waals surface area contributed by atoms with Crippen LogP contribution in [0.2, 0.25) is 0 Å². The van der Waals surface area contributed by atoms with Gasteiger partial charge in [-0.2, -0.15) is 0 Å². The second-order valence-corrected chi connectivity index (χ2v) is 14.0. The Balaban J connectivity index is 1.33. The molecule has 3 aliphatic carbocycles. The number of carbonyl (C=O) groups is 4. The van der Waals surface area contributed by atoms with E-state index in [9.17, 15) is 29.4 Å². The fraction of sp³-hybridized carbons (Fsp3) is 0.786. The van der Waals surface area contributed by atoms with Crippen molar-refractivity contribution in [2.24, 2.45) is 34.5 Å². The van der Waals surface area contributed by atoms with Crippen molar-refractivity contribution in [1.29, 1.82) is 0 Å². The van der Waals surface area contributed by atoms with Gasteiger partial charge in [-0.1, -0.05) is 6.92 Å². The molecular weight excluding hydrogens is 528 g/mol. The van der Waals surface area contributed by atoms with Crippen LogP contribution in [0.4, 0.5) is 0 Å². The van der Waals surface area contributed by atoms with Crippen LogP contribution >= 0.6 is 0 Å². The first-order chi connectivity index (χ1) is 18.8. The number of aliphatic hydroxyl groups excluding tert-OH is 1. The van der Waals surface area contributed by atoms with Gasteiger partial charge in [0.15, 0.2) is 40.1 Å². The van der Waals surface area contributed by atoms with Gasteiger partial charge < -0.3 is 29.2 Å². The van der Waals surface area contributed by atoms with Crippen LogP contribution in [-0.2, 0) is 47.9 Å². The third-order valence-electron chi connectivity index (χ3n) is 12.9. The maximum atomic E-state index is 15.0. The molecular formula is C28H30O12. The topological polar surface area (TPSA) is 164 Å². The smallest absolute Gasteiger partial charge is 0.342 e. The van der Waals surface area contributed by atoms with E-state index in [0.717, 1.165) is 0 Å². The predicted octanol–water partition coefficient (Wildman–Crippen LogP) is -0.329. The van der Waals surface area contributed by atoms with Crippen LogP contribution in [0.15, 0.2) is 12.2 Å². The summed E-state index contributed by atoms with van der Waals surface area (Å²) in [5.41, 5.74) is -9.90. The van der Waals surface area contributed by atoms with E-state index in [1.807, 2.05) is 0 Å². The molecule has 0 aromatic carbocycles. The molecule has 0 unspecified atom stereocenters. The summed E-state index contributed by atoms with van der Waals surface area (Å²) in [6.45, 7) is 4.84. The molecule has 7 heterocycles. The summed E-state index contributed by atoms with van der Waals surface area (Å²) in [6, 6.07) is 0. The van der Waals surface area contributed by atoms with E-state index in [1.54, 1.807) is 32.9 Å². The van der Waals surface area contributed by atoms with Crippen LogP contribution in [0.3, 0.4) is 0 Å². The highest BCUT2D eigenvalue weighted by molar-refractivity contribution is 6.00. The van der Waals surface area contributed by atoms with Gasteiger partial charge in [0, 0.05) is 5.92 Å². The van der Waals surface area contributed by atoms with Crippen molar-refractivity contribution < 1.29 is 58.1 Å². The number of ether oxygens (including phenoxy) is 4. The Bertz CT molecular complexity index is 1390. The number of hydrogen-bond donors (Lipinski definition) is 2. The minimum Gasteiger partial charge on any atom is -0.458 e. The van der Waals surface area contributed by atoms with Crippen LogP contribution < -0.4 is 0 Å². The van der Waals surface area contributed by atoms with Crippen LogP contribution in [0.1, 0.15) is 46.5 Å². The molecule has 3 spiro atoms. The number of Topliss-reactive ketones (excluding diaryl/α,β-unsaturated/α-hetero) is 2. The van der Waals surface area contributed by atoms with Gasteiger partial charge in [-0.15, -0.1) is 0 Å². The summed E-state index contributed by atoms with van der Waals surface area (Å²) in [5.74, 6) is -8.03. The molecule has 12 nitrogen and oxygen atoms in total. The van der Waals surface area contributed by atoms with E-state index in [-0.39, 0.29) is 38.1 Å². The second-order valence-electron chi connectivity index (χ2n) is 14.0. The molecule has 10 aliphatic rings. The molecule has 14 atom stereocenters. The van der Waals surface area contributed by atoms with Gasteiger partial charge in [0.1, 0.15) is 6.10 Å². The van der Waals surface area contributed by atoms with Crippen LogP contribution in [0.25, 0.3) is 0 Å². The van der Waals surface area contributed by atoms with Gasteiger partial charge in [-0.05, 0) is 63.0 Å². The van der Waals surface area contributed by atoms with E-state index in [1.165, 1.54) is 0 Å². The summed E-state index contributed by atoms with van der Waals surface area (Å²) in [6.07, 6.45) is 0.0468. The third-order valence-corrected chi connectivity index (χ3v) is 12.9. The Morgan fingerprint density at radius 3 is 2.55 bits per heavy atom. The van der Waals surface area contributed by atoms with Crippen molar-refractivity contribution in [3.05, 3.63) is 12.2 Å². The van der Waals surface area contributed by atoms with Crippen LogP contribution in [-0.4, -0.2) is 86.8 Å². The molecule has 10 rings (SSSR count). The lowest BCUT2D eigenvalue weighted by Gasteiger charge is -2.65. The Morgan fingerprint density at radius 1 is 1.05 bits per heavy atom. The van der Waals surface area contributed by atoms with E-state index in [4.69, 9.17) is 28.7 Å². The maximum Gasteiger partial charge on any atom is 0.342 e. The molecule has 7 aliphatic heterocycles. The second kappa shape index (κ2) is 6.40. The number of hydrogen-bond acceptors (Lipinski definition) is 12.